The Morgan fingerprint density at radius 1 is 1.13 bits per heavy atom. The zero-order valence-corrected chi connectivity index (χ0v) is 17.9. The number of aryl methyl sites for hydroxylation is 1. The summed E-state index contributed by atoms with van der Waals surface area (Å²) in [6.07, 6.45) is 0.896. The molecule has 7 nitrogen and oxygen atoms in total. The van der Waals surface area contributed by atoms with Gasteiger partial charge in [-0.2, -0.15) is 0 Å². The average molecular weight is 425 g/mol. The lowest BCUT2D eigenvalue weighted by molar-refractivity contribution is -0.152. The van der Waals surface area contributed by atoms with Crippen molar-refractivity contribution in [2.45, 2.75) is 39.2 Å². The minimum absolute atomic E-state index is 0.0896. The predicted octanol–water partition coefficient (Wildman–Crippen LogP) is 4.05. The van der Waals surface area contributed by atoms with Gasteiger partial charge in [-0.05, 0) is 57.5 Å². The van der Waals surface area contributed by atoms with Gasteiger partial charge in [-0.25, -0.2) is 9.78 Å². The molecule has 0 fully saturated rings. The molecule has 0 saturated carbocycles. The topological polar surface area (TPSA) is 102 Å². The summed E-state index contributed by atoms with van der Waals surface area (Å²) in [5.74, 6) is 1.28. The molecule has 0 aliphatic carbocycles. The van der Waals surface area contributed by atoms with Crippen molar-refractivity contribution in [3.05, 3.63) is 65.5 Å². The van der Waals surface area contributed by atoms with Gasteiger partial charge in [-0.1, -0.05) is 18.2 Å². The second kappa shape index (κ2) is 9.66. The average Bonchev–Trinajstić information content (AvgIpc) is 3.11. The van der Waals surface area contributed by atoms with Crippen molar-refractivity contribution in [2.24, 2.45) is 0 Å². The molecule has 1 heterocycles. The number of aliphatic hydroxyl groups excluding tert-OH is 1. The molecular weight excluding hydrogens is 398 g/mol. The fourth-order valence-corrected chi connectivity index (χ4v) is 3.01. The molecule has 1 aromatic heterocycles. The van der Waals surface area contributed by atoms with Crippen molar-refractivity contribution in [1.29, 1.82) is 0 Å². The highest BCUT2D eigenvalue weighted by molar-refractivity contribution is 5.76. The fraction of sp³-hybridized carbons (Fsp3) is 0.333. The standard InChI is InChI=1S/C24H27NO6/c1-16-20(25-22(30-16)17-7-5-4-6-8-17)12-14-29-19-9-10-21(18(15-19)11-13-26)31-24(2,3)23(27)28/h4-10,15,26H,11-14H2,1-3H3,(H,27,28). The van der Waals surface area contributed by atoms with Gasteiger partial charge in [0.25, 0.3) is 0 Å². The maximum absolute atomic E-state index is 11.3. The van der Waals surface area contributed by atoms with Crippen LogP contribution in [-0.4, -0.2) is 40.0 Å². The van der Waals surface area contributed by atoms with Crippen LogP contribution in [0, 0.1) is 6.92 Å². The molecule has 2 aromatic carbocycles. The zero-order valence-electron chi connectivity index (χ0n) is 17.9. The van der Waals surface area contributed by atoms with Crippen LogP contribution >= 0.6 is 0 Å². The van der Waals surface area contributed by atoms with E-state index < -0.39 is 11.6 Å². The zero-order chi connectivity index (χ0) is 22.4. The van der Waals surface area contributed by atoms with Crippen molar-refractivity contribution in [2.75, 3.05) is 13.2 Å². The van der Waals surface area contributed by atoms with Crippen LogP contribution in [0.4, 0.5) is 0 Å². The van der Waals surface area contributed by atoms with Crippen LogP contribution in [0.15, 0.2) is 52.9 Å². The third-order valence-electron chi connectivity index (χ3n) is 4.81. The second-order valence-corrected chi connectivity index (χ2v) is 7.65. The van der Waals surface area contributed by atoms with E-state index in [1.54, 1.807) is 18.2 Å². The molecule has 0 saturated heterocycles. The Morgan fingerprint density at radius 2 is 1.87 bits per heavy atom. The van der Waals surface area contributed by atoms with Crippen LogP contribution in [0.1, 0.15) is 30.9 Å². The van der Waals surface area contributed by atoms with Crippen molar-refractivity contribution in [3.8, 4) is 23.0 Å². The number of nitrogens with zero attached hydrogens (tertiary/aromatic N) is 1. The van der Waals surface area contributed by atoms with E-state index in [1.807, 2.05) is 37.3 Å². The molecule has 0 aliphatic heterocycles. The van der Waals surface area contributed by atoms with Crippen molar-refractivity contribution in [3.63, 3.8) is 0 Å². The number of rotatable bonds is 10. The summed E-state index contributed by atoms with van der Waals surface area (Å²) >= 11 is 0. The number of hydrogen-bond acceptors (Lipinski definition) is 6. The maximum atomic E-state index is 11.3. The Labute approximate surface area is 181 Å². The van der Waals surface area contributed by atoms with Crippen molar-refractivity contribution >= 4 is 5.97 Å². The number of oxazole rings is 1. The Morgan fingerprint density at radius 3 is 2.55 bits per heavy atom. The van der Waals surface area contributed by atoms with E-state index in [0.717, 1.165) is 17.0 Å². The van der Waals surface area contributed by atoms with Crippen LogP contribution in [0.5, 0.6) is 11.5 Å². The number of aliphatic hydroxyl groups is 1. The first kappa shape index (κ1) is 22.4. The molecule has 2 N–H and O–H groups in total. The molecule has 0 unspecified atom stereocenters. The van der Waals surface area contributed by atoms with E-state index >= 15 is 0 Å². The van der Waals surface area contributed by atoms with Gasteiger partial charge < -0.3 is 24.1 Å². The van der Waals surface area contributed by atoms with Crippen molar-refractivity contribution in [1.82, 2.24) is 4.98 Å². The molecule has 0 amide bonds. The van der Waals surface area contributed by atoms with Gasteiger partial charge >= 0.3 is 5.97 Å². The summed E-state index contributed by atoms with van der Waals surface area (Å²) in [7, 11) is 0. The Kier molecular flexibility index (Phi) is 6.97. The number of hydrogen-bond donors (Lipinski definition) is 2. The smallest absolute Gasteiger partial charge is 0.347 e. The summed E-state index contributed by atoms with van der Waals surface area (Å²) in [6.45, 7) is 5.14. The van der Waals surface area contributed by atoms with Gasteiger partial charge in [0.2, 0.25) is 5.89 Å². The number of carboxylic acids is 1. The Balaban J connectivity index is 1.66. The SMILES string of the molecule is Cc1oc(-c2ccccc2)nc1CCOc1ccc(OC(C)(C)C(=O)O)c(CCO)c1. The van der Waals surface area contributed by atoms with Crippen molar-refractivity contribution < 1.29 is 28.9 Å². The number of carboxylic acid groups (broad SMARTS) is 1. The molecule has 3 rings (SSSR count). The summed E-state index contributed by atoms with van der Waals surface area (Å²) in [5.41, 5.74) is 1.05. The molecule has 0 bridgehead atoms. The normalized spacial score (nSPS) is 11.4. The second-order valence-electron chi connectivity index (χ2n) is 7.65. The third kappa shape index (κ3) is 5.64. The lowest BCUT2D eigenvalue weighted by atomic mass is 10.1. The quantitative estimate of drug-likeness (QED) is 0.505. The van der Waals surface area contributed by atoms with Crippen LogP contribution in [0.3, 0.4) is 0 Å². The van der Waals surface area contributed by atoms with Gasteiger partial charge in [0.1, 0.15) is 17.3 Å². The largest absolute Gasteiger partial charge is 0.493 e. The minimum atomic E-state index is -1.38. The summed E-state index contributed by atoms with van der Waals surface area (Å²) in [4.78, 5) is 15.9. The van der Waals surface area contributed by atoms with E-state index in [2.05, 4.69) is 4.98 Å². The van der Waals surface area contributed by atoms with Gasteiger partial charge in [-0.3, -0.25) is 0 Å². The molecule has 31 heavy (non-hydrogen) atoms. The molecule has 7 heteroatoms. The number of ether oxygens (including phenoxy) is 2. The van der Waals surface area contributed by atoms with Crippen LogP contribution < -0.4 is 9.47 Å². The number of aliphatic carboxylic acids is 1. The predicted molar refractivity (Wildman–Crippen MR) is 115 cm³/mol. The van der Waals surface area contributed by atoms with Gasteiger partial charge in [0.15, 0.2) is 5.60 Å². The number of carbonyl (C=O) groups is 1. The van der Waals surface area contributed by atoms with E-state index in [4.69, 9.17) is 13.9 Å². The van der Waals surface area contributed by atoms with Gasteiger partial charge in [0, 0.05) is 24.2 Å². The van der Waals surface area contributed by atoms with Crippen LogP contribution in [0.25, 0.3) is 11.5 Å². The van der Waals surface area contributed by atoms with Gasteiger partial charge in [0.05, 0.1) is 12.3 Å². The Bertz CT molecular complexity index is 1030. The van der Waals surface area contributed by atoms with E-state index in [9.17, 15) is 15.0 Å². The lowest BCUT2D eigenvalue weighted by Crippen LogP contribution is -2.38. The molecular formula is C24H27NO6. The number of benzene rings is 2. The molecule has 0 spiro atoms. The molecule has 164 valence electrons. The summed E-state index contributed by atoms with van der Waals surface area (Å²) in [6, 6.07) is 14.9. The molecule has 3 aromatic rings. The maximum Gasteiger partial charge on any atom is 0.347 e. The highest BCUT2D eigenvalue weighted by Crippen LogP contribution is 2.28. The first-order valence-corrected chi connectivity index (χ1v) is 10.1. The fourth-order valence-electron chi connectivity index (χ4n) is 3.01. The van der Waals surface area contributed by atoms with Crippen LogP contribution in [0.2, 0.25) is 0 Å². The highest BCUT2D eigenvalue weighted by atomic mass is 16.5. The third-order valence-corrected chi connectivity index (χ3v) is 4.81. The molecule has 0 atom stereocenters. The molecule has 0 radical (unpaired) electrons. The summed E-state index contributed by atoms with van der Waals surface area (Å²) in [5, 5.41) is 18.6. The monoisotopic (exact) mass is 425 g/mol. The van der Waals surface area contributed by atoms with Gasteiger partial charge in [-0.15, -0.1) is 0 Å². The summed E-state index contributed by atoms with van der Waals surface area (Å²) < 4.78 is 17.3. The lowest BCUT2D eigenvalue weighted by Gasteiger charge is -2.23. The highest BCUT2D eigenvalue weighted by Gasteiger charge is 2.30. The van der Waals surface area contributed by atoms with Crippen LogP contribution in [-0.2, 0) is 17.6 Å². The number of aromatic nitrogens is 1. The first-order chi connectivity index (χ1) is 14.8. The van der Waals surface area contributed by atoms with E-state index in [-0.39, 0.29) is 6.61 Å². The molecule has 0 aliphatic rings. The van der Waals surface area contributed by atoms with E-state index in [0.29, 0.717) is 42.4 Å². The minimum Gasteiger partial charge on any atom is -0.493 e. The van der Waals surface area contributed by atoms with E-state index in [1.165, 1.54) is 13.8 Å². The first-order valence-electron chi connectivity index (χ1n) is 10.1. The Hall–Kier alpha value is -3.32.